The molecule has 0 fully saturated rings. The molecule has 194 valence electrons. The molecule has 3 rings (SSSR count). The summed E-state index contributed by atoms with van der Waals surface area (Å²) in [5.74, 6) is 1.28. The summed E-state index contributed by atoms with van der Waals surface area (Å²) in [5, 5.41) is 3.97. The van der Waals surface area contributed by atoms with E-state index in [9.17, 15) is 9.59 Å². The van der Waals surface area contributed by atoms with Crippen LogP contribution in [0.2, 0.25) is 0 Å². The zero-order chi connectivity index (χ0) is 26.5. The summed E-state index contributed by atoms with van der Waals surface area (Å²) < 4.78 is 22.8. The number of carbonyl (C=O) groups excluding carboxylic acids is 2. The Balaban J connectivity index is 1.53. The van der Waals surface area contributed by atoms with Gasteiger partial charge in [-0.1, -0.05) is 29.3 Å². The van der Waals surface area contributed by atoms with Gasteiger partial charge in [0.2, 0.25) is 0 Å². The van der Waals surface area contributed by atoms with Crippen LogP contribution >= 0.6 is 15.9 Å². The number of rotatable bonds is 13. The van der Waals surface area contributed by atoms with Crippen LogP contribution in [0.15, 0.2) is 76.3 Å². The molecule has 9 heteroatoms. The number of esters is 1. The lowest BCUT2D eigenvalue weighted by Crippen LogP contribution is -2.24. The molecule has 0 aromatic heterocycles. The van der Waals surface area contributed by atoms with Crippen LogP contribution in [0.4, 0.5) is 0 Å². The van der Waals surface area contributed by atoms with Gasteiger partial charge < -0.3 is 18.9 Å². The van der Waals surface area contributed by atoms with E-state index >= 15 is 0 Å². The second-order valence-corrected chi connectivity index (χ2v) is 8.70. The fraction of sp³-hybridized carbons (Fsp3) is 0.250. The van der Waals surface area contributed by atoms with Crippen LogP contribution in [0, 0.1) is 0 Å². The Morgan fingerprint density at radius 1 is 0.892 bits per heavy atom. The zero-order valence-electron chi connectivity index (χ0n) is 20.7. The minimum atomic E-state index is -0.528. The monoisotopic (exact) mass is 568 g/mol. The predicted octanol–water partition coefficient (Wildman–Crippen LogP) is 5.78. The molecular formula is C28H29BrN2O6. The van der Waals surface area contributed by atoms with Crippen LogP contribution in [0.3, 0.4) is 0 Å². The van der Waals surface area contributed by atoms with Gasteiger partial charge in [0.25, 0.3) is 5.91 Å². The molecule has 0 radical (unpaired) electrons. The van der Waals surface area contributed by atoms with E-state index in [4.69, 9.17) is 18.9 Å². The van der Waals surface area contributed by atoms with E-state index in [-0.39, 0.29) is 12.4 Å². The molecule has 0 aliphatic heterocycles. The van der Waals surface area contributed by atoms with E-state index in [0.717, 1.165) is 23.1 Å². The van der Waals surface area contributed by atoms with Gasteiger partial charge in [-0.2, -0.15) is 5.10 Å². The zero-order valence-corrected chi connectivity index (χ0v) is 22.3. The van der Waals surface area contributed by atoms with Gasteiger partial charge in [-0.3, -0.25) is 4.79 Å². The minimum absolute atomic E-state index is 0.217. The molecule has 0 atom stereocenters. The second-order valence-electron chi connectivity index (χ2n) is 7.78. The average Bonchev–Trinajstić information content (AvgIpc) is 2.90. The van der Waals surface area contributed by atoms with E-state index in [1.54, 1.807) is 66.7 Å². The highest BCUT2D eigenvalue weighted by molar-refractivity contribution is 9.10. The number of unbranched alkanes of at least 4 members (excludes halogenated alkanes) is 1. The summed E-state index contributed by atoms with van der Waals surface area (Å²) in [6, 6.07) is 18.8. The Labute approximate surface area is 224 Å². The Hall–Kier alpha value is -3.85. The number of halogens is 1. The third kappa shape index (κ3) is 9.27. The van der Waals surface area contributed by atoms with E-state index in [2.05, 4.69) is 33.4 Å². The first-order chi connectivity index (χ1) is 18.0. The summed E-state index contributed by atoms with van der Waals surface area (Å²) in [7, 11) is 0. The highest BCUT2D eigenvalue weighted by Gasteiger charge is 2.12. The first-order valence-electron chi connectivity index (χ1n) is 11.9. The highest BCUT2D eigenvalue weighted by atomic mass is 79.9. The summed E-state index contributed by atoms with van der Waals surface area (Å²) in [6.45, 7) is 4.98. The number of benzene rings is 3. The van der Waals surface area contributed by atoms with Crippen molar-refractivity contribution in [3.8, 4) is 23.0 Å². The van der Waals surface area contributed by atoms with Crippen molar-refractivity contribution >= 4 is 34.0 Å². The van der Waals surface area contributed by atoms with Crippen molar-refractivity contribution in [1.82, 2.24) is 5.43 Å². The van der Waals surface area contributed by atoms with Gasteiger partial charge >= 0.3 is 5.97 Å². The third-order valence-electron chi connectivity index (χ3n) is 4.93. The van der Waals surface area contributed by atoms with E-state index in [1.807, 2.05) is 6.92 Å². The van der Waals surface area contributed by atoms with Crippen LogP contribution in [0.5, 0.6) is 23.0 Å². The fourth-order valence-corrected chi connectivity index (χ4v) is 3.43. The smallest absolute Gasteiger partial charge is 0.343 e. The number of hydrogen-bond acceptors (Lipinski definition) is 7. The standard InChI is InChI=1S/C28H29BrN2O6/c1-3-5-16-35-24-11-13-25(14-12-24)36-19-27(32)31-30-18-21-17-22(29)8-15-26(21)37-28(33)20-6-9-23(10-7-20)34-4-2/h6-15,17-18H,3-5,16,19H2,1-2H3,(H,31,32)/b30-18-. The molecule has 0 aliphatic rings. The molecule has 1 amide bonds. The molecule has 0 heterocycles. The molecule has 8 nitrogen and oxygen atoms in total. The molecule has 0 aliphatic carbocycles. The summed E-state index contributed by atoms with van der Waals surface area (Å²) in [5.41, 5.74) is 3.28. The Bertz CT molecular complexity index is 1200. The van der Waals surface area contributed by atoms with Gasteiger partial charge in [-0.05, 0) is 80.1 Å². The van der Waals surface area contributed by atoms with Crippen molar-refractivity contribution < 1.29 is 28.5 Å². The molecule has 3 aromatic rings. The number of amides is 1. The van der Waals surface area contributed by atoms with Crippen molar-refractivity contribution in [2.45, 2.75) is 26.7 Å². The predicted molar refractivity (Wildman–Crippen MR) is 145 cm³/mol. The number of ether oxygens (including phenoxy) is 4. The maximum absolute atomic E-state index is 12.6. The highest BCUT2D eigenvalue weighted by Crippen LogP contribution is 2.23. The number of hydrazone groups is 1. The number of nitrogens with zero attached hydrogens (tertiary/aromatic N) is 1. The van der Waals surface area contributed by atoms with Crippen LogP contribution in [0.25, 0.3) is 0 Å². The van der Waals surface area contributed by atoms with Crippen molar-refractivity contribution in [3.05, 3.63) is 82.3 Å². The maximum atomic E-state index is 12.6. The van der Waals surface area contributed by atoms with Gasteiger partial charge in [-0.15, -0.1) is 0 Å². The maximum Gasteiger partial charge on any atom is 0.343 e. The van der Waals surface area contributed by atoms with Crippen LogP contribution < -0.4 is 24.4 Å². The number of nitrogens with one attached hydrogen (secondary N) is 1. The summed E-state index contributed by atoms with van der Waals surface area (Å²) in [4.78, 5) is 24.8. The van der Waals surface area contributed by atoms with Crippen LogP contribution in [-0.4, -0.2) is 37.9 Å². The molecular weight excluding hydrogens is 540 g/mol. The number of carbonyl (C=O) groups is 2. The van der Waals surface area contributed by atoms with Crippen LogP contribution in [-0.2, 0) is 4.79 Å². The first-order valence-corrected chi connectivity index (χ1v) is 12.7. The summed E-state index contributed by atoms with van der Waals surface area (Å²) in [6.07, 6.45) is 3.45. The van der Waals surface area contributed by atoms with Gasteiger partial charge in [0, 0.05) is 10.0 Å². The quantitative estimate of drug-likeness (QED) is 0.0923. The van der Waals surface area contributed by atoms with Crippen molar-refractivity contribution in [2.24, 2.45) is 5.10 Å². The topological polar surface area (TPSA) is 95.5 Å². The Morgan fingerprint density at radius 3 is 2.22 bits per heavy atom. The molecule has 0 saturated heterocycles. The first kappa shape index (κ1) is 27.7. The Kier molecular flexibility index (Phi) is 11.0. The van der Waals surface area contributed by atoms with Gasteiger partial charge in [0.1, 0.15) is 23.0 Å². The molecule has 0 bridgehead atoms. The van der Waals surface area contributed by atoms with E-state index < -0.39 is 11.9 Å². The normalized spacial score (nSPS) is 10.7. The van der Waals surface area contributed by atoms with Crippen molar-refractivity contribution in [1.29, 1.82) is 0 Å². The number of hydrogen-bond donors (Lipinski definition) is 1. The van der Waals surface area contributed by atoms with Crippen molar-refractivity contribution in [2.75, 3.05) is 19.8 Å². The van der Waals surface area contributed by atoms with Crippen molar-refractivity contribution in [3.63, 3.8) is 0 Å². The lowest BCUT2D eigenvalue weighted by molar-refractivity contribution is -0.123. The molecule has 0 saturated carbocycles. The third-order valence-corrected chi connectivity index (χ3v) is 5.42. The summed E-state index contributed by atoms with van der Waals surface area (Å²) >= 11 is 3.39. The van der Waals surface area contributed by atoms with Gasteiger partial charge in [0.15, 0.2) is 6.61 Å². The van der Waals surface area contributed by atoms with Crippen LogP contribution in [0.1, 0.15) is 42.6 Å². The molecule has 0 unspecified atom stereocenters. The average molecular weight is 569 g/mol. The second kappa shape index (κ2) is 14.6. The molecule has 37 heavy (non-hydrogen) atoms. The minimum Gasteiger partial charge on any atom is -0.494 e. The lowest BCUT2D eigenvalue weighted by Gasteiger charge is -2.09. The SMILES string of the molecule is CCCCOc1ccc(OCC(=O)N/N=C\c2cc(Br)ccc2OC(=O)c2ccc(OCC)cc2)cc1. The lowest BCUT2D eigenvalue weighted by atomic mass is 10.2. The molecule has 1 N–H and O–H groups in total. The van der Waals surface area contributed by atoms with Gasteiger partial charge in [0.05, 0.1) is 25.0 Å². The fourth-order valence-electron chi connectivity index (χ4n) is 3.05. The molecule has 0 spiro atoms. The molecule has 3 aromatic carbocycles. The van der Waals surface area contributed by atoms with E-state index in [1.165, 1.54) is 6.21 Å². The van der Waals surface area contributed by atoms with Gasteiger partial charge in [-0.25, -0.2) is 10.2 Å². The Morgan fingerprint density at radius 2 is 1.54 bits per heavy atom. The van der Waals surface area contributed by atoms with E-state index in [0.29, 0.717) is 35.8 Å². The largest absolute Gasteiger partial charge is 0.494 e.